The fraction of sp³-hybridized carbons (Fsp3) is 0.600. The van der Waals surface area contributed by atoms with Gasteiger partial charge < -0.3 is 10.2 Å². The molecular weight excluding hydrogens is 368 g/mol. The van der Waals surface area contributed by atoms with Crippen LogP contribution in [0.25, 0.3) is 0 Å². The minimum atomic E-state index is -0.432. The zero-order valence-electron chi connectivity index (χ0n) is 15.4. The normalized spacial score (nSPS) is 24.1. The number of amides is 2. The number of nitrogens with zero attached hydrogens (tertiary/aromatic N) is 1. The second kappa shape index (κ2) is 8.66. The van der Waals surface area contributed by atoms with Crippen LogP contribution in [0.1, 0.15) is 56.3 Å². The molecule has 1 aliphatic carbocycles. The Hall–Kier alpha value is -1.20. The number of hydrogen-bond acceptors (Lipinski definition) is 3. The molecule has 0 radical (unpaired) electrons. The summed E-state index contributed by atoms with van der Waals surface area (Å²) >= 11 is 8.04. The van der Waals surface area contributed by atoms with E-state index in [0.29, 0.717) is 22.3 Å². The Bertz CT molecular complexity index is 661. The van der Waals surface area contributed by atoms with E-state index < -0.39 is 6.04 Å². The zero-order chi connectivity index (χ0) is 18.7. The average molecular weight is 395 g/mol. The van der Waals surface area contributed by atoms with Crippen molar-refractivity contribution in [2.75, 3.05) is 5.75 Å². The van der Waals surface area contributed by atoms with Gasteiger partial charge in [-0.3, -0.25) is 9.59 Å². The molecule has 1 aromatic carbocycles. The Labute approximate surface area is 165 Å². The van der Waals surface area contributed by atoms with Crippen LogP contribution in [-0.2, 0) is 4.79 Å². The van der Waals surface area contributed by atoms with E-state index in [1.54, 1.807) is 23.9 Å². The van der Waals surface area contributed by atoms with E-state index in [4.69, 9.17) is 11.6 Å². The van der Waals surface area contributed by atoms with Crippen LogP contribution in [0.2, 0.25) is 5.02 Å². The van der Waals surface area contributed by atoms with Gasteiger partial charge in [0.25, 0.3) is 5.91 Å². The molecule has 1 N–H and O–H groups in total. The third-order valence-electron chi connectivity index (χ3n) is 5.16. The largest absolute Gasteiger partial charge is 0.352 e. The van der Waals surface area contributed by atoms with Crippen molar-refractivity contribution in [3.8, 4) is 0 Å². The molecule has 2 atom stereocenters. The van der Waals surface area contributed by atoms with Crippen molar-refractivity contribution in [1.82, 2.24) is 10.2 Å². The van der Waals surface area contributed by atoms with E-state index >= 15 is 0 Å². The van der Waals surface area contributed by atoms with Gasteiger partial charge in [-0.05, 0) is 44.7 Å². The van der Waals surface area contributed by atoms with Crippen molar-refractivity contribution in [2.45, 2.75) is 63.4 Å². The molecule has 0 unspecified atom stereocenters. The summed E-state index contributed by atoms with van der Waals surface area (Å²) in [5.41, 5.74) is 0.486. The Morgan fingerprint density at radius 1 is 1.19 bits per heavy atom. The van der Waals surface area contributed by atoms with Crippen LogP contribution in [-0.4, -0.2) is 39.9 Å². The number of benzene rings is 1. The first-order valence-electron chi connectivity index (χ1n) is 9.48. The van der Waals surface area contributed by atoms with Crippen LogP contribution in [0.15, 0.2) is 24.3 Å². The van der Waals surface area contributed by atoms with Gasteiger partial charge in [-0.2, -0.15) is 0 Å². The lowest BCUT2D eigenvalue weighted by Crippen LogP contribution is -2.52. The first-order chi connectivity index (χ1) is 12.5. The van der Waals surface area contributed by atoms with Crippen LogP contribution in [0.3, 0.4) is 0 Å². The molecule has 0 spiro atoms. The molecular formula is C20H27ClN2O2S. The monoisotopic (exact) mass is 394 g/mol. The molecule has 4 nitrogen and oxygen atoms in total. The fourth-order valence-corrected chi connectivity index (χ4v) is 5.78. The van der Waals surface area contributed by atoms with Gasteiger partial charge in [0.15, 0.2) is 0 Å². The van der Waals surface area contributed by atoms with Crippen molar-refractivity contribution in [3.05, 3.63) is 34.9 Å². The first kappa shape index (κ1) is 19.6. The lowest BCUT2D eigenvalue weighted by atomic mass is 9.88. The Kier molecular flexibility index (Phi) is 6.51. The number of nitrogens with one attached hydrogen (secondary N) is 1. The second-order valence-electron chi connectivity index (χ2n) is 7.49. The minimum Gasteiger partial charge on any atom is -0.352 e. The molecule has 6 heteroatoms. The summed E-state index contributed by atoms with van der Waals surface area (Å²) in [5, 5.41) is 3.48. The van der Waals surface area contributed by atoms with E-state index in [2.05, 4.69) is 5.32 Å². The molecule has 1 saturated carbocycles. The molecule has 26 heavy (non-hydrogen) atoms. The van der Waals surface area contributed by atoms with Crippen LogP contribution in [0.5, 0.6) is 0 Å². The maximum atomic E-state index is 13.4. The minimum absolute atomic E-state index is 0.0542. The number of carbonyl (C=O) groups is 2. The molecule has 3 rings (SSSR count). The van der Waals surface area contributed by atoms with Gasteiger partial charge in [-0.1, -0.05) is 43.0 Å². The smallest absolute Gasteiger partial charge is 0.256 e. The van der Waals surface area contributed by atoms with E-state index in [9.17, 15) is 9.59 Å². The fourth-order valence-electron chi connectivity index (χ4n) is 3.92. The lowest BCUT2D eigenvalue weighted by molar-refractivity contribution is -0.125. The SMILES string of the molecule is CC(C)NC(=O)[C@@H]1CS[C@@H](C2CCCCC2)N1C(=O)c1ccccc1Cl. The van der Waals surface area contributed by atoms with Gasteiger partial charge >= 0.3 is 0 Å². The highest BCUT2D eigenvalue weighted by molar-refractivity contribution is 8.00. The molecule has 2 fully saturated rings. The zero-order valence-corrected chi connectivity index (χ0v) is 17.0. The van der Waals surface area contributed by atoms with Gasteiger partial charge in [0.05, 0.1) is 16.0 Å². The van der Waals surface area contributed by atoms with E-state index in [1.807, 2.05) is 30.9 Å². The Morgan fingerprint density at radius 2 is 1.88 bits per heavy atom. The summed E-state index contributed by atoms with van der Waals surface area (Å²) in [5.74, 6) is 0.916. The highest BCUT2D eigenvalue weighted by Crippen LogP contribution is 2.41. The van der Waals surface area contributed by atoms with Crippen molar-refractivity contribution in [1.29, 1.82) is 0 Å². The van der Waals surface area contributed by atoms with Gasteiger partial charge in [-0.25, -0.2) is 0 Å². The van der Waals surface area contributed by atoms with Gasteiger partial charge in [-0.15, -0.1) is 11.8 Å². The Balaban J connectivity index is 1.89. The summed E-state index contributed by atoms with van der Waals surface area (Å²) < 4.78 is 0. The van der Waals surface area contributed by atoms with Gasteiger partial charge in [0.1, 0.15) is 6.04 Å². The van der Waals surface area contributed by atoms with Gasteiger partial charge in [0.2, 0.25) is 5.91 Å². The van der Waals surface area contributed by atoms with Crippen molar-refractivity contribution in [3.63, 3.8) is 0 Å². The quantitative estimate of drug-likeness (QED) is 0.826. The number of thioether (sulfide) groups is 1. The van der Waals surface area contributed by atoms with Gasteiger partial charge in [0, 0.05) is 11.8 Å². The molecule has 2 amide bonds. The molecule has 1 aromatic rings. The Morgan fingerprint density at radius 3 is 2.54 bits per heavy atom. The topological polar surface area (TPSA) is 49.4 Å². The predicted molar refractivity (Wildman–Crippen MR) is 108 cm³/mol. The van der Waals surface area contributed by atoms with Crippen molar-refractivity contribution < 1.29 is 9.59 Å². The third kappa shape index (κ3) is 4.20. The van der Waals surface area contributed by atoms with Crippen molar-refractivity contribution in [2.24, 2.45) is 5.92 Å². The average Bonchev–Trinajstić information content (AvgIpc) is 3.07. The standard InChI is InChI=1S/C20H27ClN2O2S/c1-13(2)22-18(24)17-12-26-20(14-8-4-3-5-9-14)23(17)19(25)15-10-6-7-11-16(15)21/h6-7,10-11,13-14,17,20H,3-5,8-9,12H2,1-2H3,(H,22,24)/t17-,20-/m0/s1. The predicted octanol–water partition coefficient (Wildman–Crippen LogP) is 4.33. The summed E-state index contributed by atoms with van der Waals surface area (Å²) in [6.45, 7) is 3.89. The number of hydrogen-bond donors (Lipinski definition) is 1. The van der Waals surface area contributed by atoms with Crippen LogP contribution < -0.4 is 5.32 Å². The maximum Gasteiger partial charge on any atom is 0.256 e. The number of halogens is 1. The molecule has 0 aromatic heterocycles. The summed E-state index contributed by atoms with van der Waals surface area (Å²) in [7, 11) is 0. The molecule has 2 aliphatic rings. The molecule has 142 valence electrons. The van der Waals surface area contributed by atoms with E-state index in [-0.39, 0.29) is 23.2 Å². The van der Waals surface area contributed by atoms with Crippen molar-refractivity contribution >= 4 is 35.2 Å². The molecule has 1 heterocycles. The number of rotatable bonds is 4. The summed E-state index contributed by atoms with van der Waals surface area (Å²) in [4.78, 5) is 28.0. The summed E-state index contributed by atoms with van der Waals surface area (Å²) in [6.07, 6.45) is 5.94. The highest BCUT2D eigenvalue weighted by Gasteiger charge is 2.45. The lowest BCUT2D eigenvalue weighted by Gasteiger charge is -2.35. The van der Waals surface area contributed by atoms with Crippen LogP contribution in [0.4, 0.5) is 0 Å². The summed E-state index contributed by atoms with van der Waals surface area (Å²) in [6, 6.07) is 6.75. The third-order valence-corrected chi connectivity index (χ3v) is 6.95. The van der Waals surface area contributed by atoms with Crippen LogP contribution >= 0.6 is 23.4 Å². The molecule has 1 saturated heterocycles. The first-order valence-corrected chi connectivity index (χ1v) is 10.9. The molecule has 1 aliphatic heterocycles. The maximum absolute atomic E-state index is 13.4. The van der Waals surface area contributed by atoms with E-state index in [0.717, 1.165) is 12.8 Å². The van der Waals surface area contributed by atoms with Crippen LogP contribution in [0, 0.1) is 5.92 Å². The highest BCUT2D eigenvalue weighted by atomic mass is 35.5. The second-order valence-corrected chi connectivity index (χ2v) is 9.05. The number of carbonyl (C=O) groups excluding carboxylic acids is 2. The van der Waals surface area contributed by atoms with E-state index in [1.165, 1.54) is 19.3 Å². The molecule has 0 bridgehead atoms.